The molecule has 0 bridgehead atoms. The van der Waals surface area contributed by atoms with Crippen LogP contribution in [0.4, 0.5) is 10.2 Å². The van der Waals surface area contributed by atoms with E-state index >= 15 is 0 Å². The number of β-amino-alcohol motifs (C(OH)–C–C–N with tert-alkyl or cyclic N) is 1. The normalized spacial score (nSPS) is 20.0. The van der Waals surface area contributed by atoms with Gasteiger partial charge in [0.25, 0.3) is 5.91 Å². The van der Waals surface area contributed by atoms with Crippen LogP contribution in [0.15, 0.2) is 30.5 Å². The van der Waals surface area contributed by atoms with Crippen molar-refractivity contribution < 1.29 is 14.3 Å². The summed E-state index contributed by atoms with van der Waals surface area (Å²) in [7, 11) is 2.03. The molecular weight excluding hydrogens is 337 g/mol. The lowest BCUT2D eigenvalue weighted by molar-refractivity contribution is -0.0361. The van der Waals surface area contributed by atoms with E-state index in [0.29, 0.717) is 43.1 Å². The van der Waals surface area contributed by atoms with Crippen LogP contribution in [0.1, 0.15) is 23.2 Å². The second kappa shape index (κ2) is 6.37. The number of amides is 1. The van der Waals surface area contributed by atoms with Crippen molar-refractivity contribution in [2.45, 2.75) is 18.4 Å². The molecule has 1 fully saturated rings. The van der Waals surface area contributed by atoms with Crippen LogP contribution in [-0.2, 0) is 0 Å². The van der Waals surface area contributed by atoms with Gasteiger partial charge >= 0.3 is 0 Å². The van der Waals surface area contributed by atoms with E-state index < -0.39 is 5.60 Å². The molecule has 1 amide bonds. The van der Waals surface area contributed by atoms with Crippen molar-refractivity contribution in [3.63, 3.8) is 0 Å². The zero-order chi connectivity index (χ0) is 18.3. The maximum Gasteiger partial charge on any atom is 0.260 e. The Kier molecular flexibility index (Phi) is 4.16. The van der Waals surface area contributed by atoms with Crippen LogP contribution in [0.5, 0.6) is 0 Å². The van der Waals surface area contributed by atoms with Crippen molar-refractivity contribution in [2.24, 2.45) is 0 Å². The Bertz CT molecular complexity index is 811. The molecular formula is C18H22FN5O2. The molecule has 7 nitrogen and oxygen atoms in total. The van der Waals surface area contributed by atoms with E-state index in [1.807, 2.05) is 7.05 Å². The molecule has 0 spiro atoms. The van der Waals surface area contributed by atoms with Gasteiger partial charge in [-0.1, -0.05) is 0 Å². The molecule has 1 aromatic heterocycles. The number of piperidine rings is 1. The van der Waals surface area contributed by atoms with Gasteiger partial charge in [0.1, 0.15) is 17.2 Å². The summed E-state index contributed by atoms with van der Waals surface area (Å²) >= 11 is 0. The van der Waals surface area contributed by atoms with E-state index in [-0.39, 0.29) is 11.7 Å². The largest absolute Gasteiger partial charge is 0.388 e. The number of carbonyl (C=O) groups excluding carboxylic acids is 1. The van der Waals surface area contributed by atoms with E-state index in [0.717, 1.165) is 13.1 Å². The summed E-state index contributed by atoms with van der Waals surface area (Å²) in [6, 6.07) is 5.94. The molecule has 2 aromatic rings. The Morgan fingerprint density at radius 3 is 2.65 bits per heavy atom. The number of carbonyl (C=O) groups is 1. The number of benzene rings is 1. The van der Waals surface area contributed by atoms with Crippen molar-refractivity contribution in [3.8, 4) is 5.69 Å². The Morgan fingerprint density at radius 1 is 1.27 bits per heavy atom. The number of hydrogen-bond acceptors (Lipinski definition) is 5. The fourth-order valence-electron chi connectivity index (χ4n) is 3.54. The summed E-state index contributed by atoms with van der Waals surface area (Å²) in [5.74, 6) is 0.115. The Morgan fingerprint density at radius 2 is 1.96 bits per heavy atom. The first-order valence-corrected chi connectivity index (χ1v) is 8.73. The van der Waals surface area contributed by atoms with E-state index in [9.17, 15) is 14.3 Å². The molecule has 0 aliphatic carbocycles. The molecule has 8 heteroatoms. The maximum atomic E-state index is 13.1. The minimum Gasteiger partial charge on any atom is -0.388 e. The number of anilines is 1. The van der Waals surface area contributed by atoms with Gasteiger partial charge in [-0.15, -0.1) is 0 Å². The average molecular weight is 359 g/mol. The predicted octanol–water partition coefficient (Wildman–Crippen LogP) is 1.29. The Balaban J connectivity index is 1.53. The highest BCUT2D eigenvalue weighted by molar-refractivity contribution is 6.00. The number of likely N-dealkylation sites (tertiary alicyclic amines) is 1. The van der Waals surface area contributed by atoms with Gasteiger partial charge < -0.3 is 20.2 Å². The highest BCUT2D eigenvalue weighted by Gasteiger charge is 2.37. The highest BCUT2D eigenvalue weighted by atomic mass is 19.1. The third-order valence-corrected chi connectivity index (χ3v) is 5.20. The first kappa shape index (κ1) is 17.0. The summed E-state index contributed by atoms with van der Waals surface area (Å²) in [6.07, 6.45) is 2.81. The van der Waals surface area contributed by atoms with E-state index in [2.05, 4.69) is 15.3 Å². The molecule has 1 saturated heterocycles. The van der Waals surface area contributed by atoms with Gasteiger partial charge in [-0.3, -0.25) is 4.79 Å². The summed E-state index contributed by atoms with van der Waals surface area (Å²) in [5.41, 5.74) is 0.279. The lowest BCUT2D eigenvalue weighted by atomic mass is 9.91. The van der Waals surface area contributed by atoms with Gasteiger partial charge in [-0.05, 0) is 44.2 Å². The quantitative estimate of drug-likeness (QED) is 0.864. The smallest absolute Gasteiger partial charge is 0.260 e. The van der Waals surface area contributed by atoms with Gasteiger partial charge in [-0.25, -0.2) is 9.07 Å². The van der Waals surface area contributed by atoms with Crippen LogP contribution in [0.25, 0.3) is 5.69 Å². The van der Waals surface area contributed by atoms with Gasteiger partial charge in [0.15, 0.2) is 0 Å². The first-order chi connectivity index (χ1) is 12.5. The lowest BCUT2D eigenvalue weighted by Gasteiger charge is -2.40. The van der Waals surface area contributed by atoms with Crippen LogP contribution in [0.2, 0.25) is 0 Å². The topological polar surface area (TPSA) is 73.6 Å². The molecule has 2 aliphatic heterocycles. The SMILES string of the molecule is CN1CCC(O)(CN2CNc3c(cnn3-c3ccc(F)cc3)C2=O)CC1. The second-order valence-electron chi connectivity index (χ2n) is 7.16. The fourth-order valence-corrected chi connectivity index (χ4v) is 3.54. The van der Waals surface area contributed by atoms with Crippen LogP contribution >= 0.6 is 0 Å². The minimum atomic E-state index is -0.853. The molecule has 2 N–H and O–H groups in total. The van der Waals surface area contributed by atoms with Gasteiger partial charge in [0.05, 0.1) is 30.7 Å². The lowest BCUT2D eigenvalue weighted by Crippen LogP contribution is -2.53. The van der Waals surface area contributed by atoms with Crippen LogP contribution < -0.4 is 5.32 Å². The van der Waals surface area contributed by atoms with E-state index in [1.165, 1.54) is 18.3 Å². The zero-order valence-electron chi connectivity index (χ0n) is 14.7. The average Bonchev–Trinajstić information content (AvgIpc) is 3.06. The van der Waals surface area contributed by atoms with Crippen molar-refractivity contribution >= 4 is 11.7 Å². The highest BCUT2D eigenvalue weighted by Crippen LogP contribution is 2.28. The maximum absolute atomic E-state index is 13.1. The van der Waals surface area contributed by atoms with Crippen LogP contribution in [0, 0.1) is 5.82 Å². The number of nitrogens with one attached hydrogen (secondary N) is 1. The zero-order valence-corrected chi connectivity index (χ0v) is 14.7. The molecule has 0 saturated carbocycles. The van der Waals surface area contributed by atoms with E-state index in [1.54, 1.807) is 21.7 Å². The monoisotopic (exact) mass is 359 g/mol. The molecule has 0 radical (unpaired) electrons. The molecule has 1 aromatic carbocycles. The number of hydrogen-bond donors (Lipinski definition) is 2. The molecule has 0 atom stereocenters. The van der Waals surface area contributed by atoms with Gasteiger partial charge in [0.2, 0.25) is 0 Å². The summed E-state index contributed by atoms with van der Waals surface area (Å²) in [5, 5.41) is 18.3. The summed E-state index contributed by atoms with van der Waals surface area (Å²) < 4.78 is 14.7. The number of halogens is 1. The van der Waals surface area contributed by atoms with Crippen molar-refractivity contribution in [1.29, 1.82) is 0 Å². The first-order valence-electron chi connectivity index (χ1n) is 8.73. The van der Waals surface area contributed by atoms with E-state index in [4.69, 9.17) is 0 Å². The Hall–Kier alpha value is -2.45. The number of aromatic nitrogens is 2. The van der Waals surface area contributed by atoms with Crippen molar-refractivity contribution in [3.05, 3.63) is 41.8 Å². The summed E-state index contributed by atoms with van der Waals surface area (Å²) in [4.78, 5) is 16.7. The molecule has 138 valence electrons. The number of fused-ring (bicyclic) bond motifs is 1. The summed E-state index contributed by atoms with van der Waals surface area (Å²) in [6.45, 7) is 2.24. The third-order valence-electron chi connectivity index (χ3n) is 5.20. The Labute approximate surface area is 151 Å². The second-order valence-corrected chi connectivity index (χ2v) is 7.16. The van der Waals surface area contributed by atoms with Crippen LogP contribution in [-0.4, -0.2) is 69.5 Å². The molecule has 2 aliphatic rings. The molecule has 4 rings (SSSR count). The molecule has 3 heterocycles. The fraction of sp³-hybridized carbons (Fsp3) is 0.444. The number of nitrogens with zero attached hydrogens (tertiary/aromatic N) is 4. The van der Waals surface area contributed by atoms with Gasteiger partial charge in [0, 0.05) is 13.1 Å². The number of aliphatic hydroxyl groups is 1. The van der Waals surface area contributed by atoms with Crippen LogP contribution in [0.3, 0.4) is 0 Å². The van der Waals surface area contributed by atoms with Gasteiger partial charge in [-0.2, -0.15) is 5.10 Å². The molecule has 0 unspecified atom stereocenters. The van der Waals surface area contributed by atoms with Crippen molar-refractivity contribution in [1.82, 2.24) is 19.6 Å². The molecule has 26 heavy (non-hydrogen) atoms. The number of rotatable bonds is 3. The third kappa shape index (κ3) is 3.06. The van der Waals surface area contributed by atoms with Crippen molar-refractivity contribution in [2.75, 3.05) is 38.7 Å². The predicted molar refractivity (Wildman–Crippen MR) is 94.7 cm³/mol. The standard InChI is InChI=1S/C18H22FN5O2/c1-22-8-6-18(26,7-9-22)11-23-12-20-16-15(17(23)25)10-21-24(16)14-4-2-13(19)3-5-14/h2-5,10,20,26H,6-9,11-12H2,1H3. The minimum absolute atomic E-state index is 0.153.